The Balaban J connectivity index is 1.75. The molecule has 0 saturated carbocycles. The lowest BCUT2D eigenvalue weighted by Crippen LogP contribution is -2.15. The molecule has 31 heavy (non-hydrogen) atoms. The number of sulfonamides is 1. The fourth-order valence-electron chi connectivity index (χ4n) is 2.56. The number of nitrogens with one attached hydrogen (secondary N) is 2. The van der Waals surface area contributed by atoms with Gasteiger partial charge in [0.2, 0.25) is 0 Å². The third-order valence-electron chi connectivity index (χ3n) is 4.04. The fourth-order valence-corrected chi connectivity index (χ4v) is 3.87. The summed E-state index contributed by atoms with van der Waals surface area (Å²) in [6.07, 6.45) is -4.62. The third kappa shape index (κ3) is 5.53. The van der Waals surface area contributed by atoms with Crippen molar-refractivity contribution in [3.8, 4) is 0 Å². The van der Waals surface area contributed by atoms with Gasteiger partial charge in [0.05, 0.1) is 21.0 Å². The summed E-state index contributed by atoms with van der Waals surface area (Å²) in [5.74, 6) is -1.24. The molecule has 0 aromatic heterocycles. The second-order valence-electron chi connectivity index (χ2n) is 6.29. The molecule has 0 bridgehead atoms. The zero-order valence-electron chi connectivity index (χ0n) is 15.4. The lowest BCUT2D eigenvalue weighted by atomic mass is 10.2. The highest BCUT2D eigenvalue weighted by atomic mass is 35.5. The van der Waals surface area contributed by atoms with E-state index in [-0.39, 0.29) is 26.9 Å². The van der Waals surface area contributed by atoms with Crippen LogP contribution in [0.4, 0.5) is 28.9 Å². The molecule has 0 saturated heterocycles. The number of halogens is 5. The molecular weight excluding hydrogens is 460 g/mol. The van der Waals surface area contributed by atoms with Crippen LogP contribution >= 0.6 is 11.6 Å². The van der Waals surface area contributed by atoms with Crippen molar-refractivity contribution in [1.29, 1.82) is 0 Å². The molecule has 0 heterocycles. The topological polar surface area (TPSA) is 75.3 Å². The van der Waals surface area contributed by atoms with Gasteiger partial charge in [0.15, 0.2) is 0 Å². The molecule has 3 rings (SSSR count). The number of hydrogen-bond donors (Lipinski definition) is 2. The van der Waals surface area contributed by atoms with Gasteiger partial charge in [0.1, 0.15) is 5.82 Å². The molecule has 11 heteroatoms. The summed E-state index contributed by atoms with van der Waals surface area (Å²) < 4.78 is 78.5. The SMILES string of the molecule is O=C(Nc1ccc(S(=O)(=O)Nc2cccc(C(F)(F)F)c2)cc1)c1ccc(F)cc1Cl. The first-order valence-electron chi connectivity index (χ1n) is 8.52. The van der Waals surface area contributed by atoms with Crippen molar-refractivity contribution >= 4 is 38.9 Å². The molecule has 162 valence electrons. The third-order valence-corrected chi connectivity index (χ3v) is 5.75. The first kappa shape index (κ1) is 22.6. The predicted molar refractivity (Wildman–Crippen MR) is 108 cm³/mol. The summed E-state index contributed by atoms with van der Waals surface area (Å²) in [5.41, 5.74) is -1.00. The number of hydrogen-bond acceptors (Lipinski definition) is 3. The minimum Gasteiger partial charge on any atom is -0.322 e. The molecule has 0 unspecified atom stereocenters. The number of benzene rings is 3. The van der Waals surface area contributed by atoms with Crippen LogP contribution in [-0.2, 0) is 16.2 Å². The normalized spacial score (nSPS) is 11.8. The second-order valence-corrected chi connectivity index (χ2v) is 8.38. The van der Waals surface area contributed by atoms with Crippen molar-refractivity contribution in [3.63, 3.8) is 0 Å². The monoisotopic (exact) mass is 472 g/mol. The van der Waals surface area contributed by atoms with Crippen LogP contribution in [0.3, 0.4) is 0 Å². The van der Waals surface area contributed by atoms with Gasteiger partial charge in [0.25, 0.3) is 15.9 Å². The maximum absolute atomic E-state index is 13.1. The molecule has 0 spiro atoms. The van der Waals surface area contributed by atoms with Crippen LogP contribution < -0.4 is 10.0 Å². The lowest BCUT2D eigenvalue weighted by Gasteiger charge is -2.12. The lowest BCUT2D eigenvalue weighted by molar-refractivity contribution is -0.137. The van der Waals surface area contributed by atoms with Crippen LogP contribution in [0.15, 0.2) is 71.6 Å². The molecule has 3 aromatic carbocycles. The van der Waals surface area contributed by atoms with E-state index >= 15 is 0 Å². The Bertz CT molecular complexity index is 1230. The Labute approximate surface area is 179 Å². The van der Waals surface area contributed by atoms with Crippen molar-refractivity contribution in [2.45, 2.75) is 11.1 Å². The van der Waals surface area contributed by atoms with Crippen molar-refractivity contribution in [2.75, 3.05) is 10.0 Å². The Hall–Kier alpha value is -3.11. The van der Waals surface area contributed by atoms with Crippen molar-refractivity contribution < 1.29 is 30.8 Å². The summed E-state index contributed by atoms with van der Waals surface area (Å²) in [5, 5.41) is 2.39. The maximum Gasteiger partial charge on any atom is 0.416 e. The minimum absolute atomic E-state index is 0.0194. The molecule has 2 N–H and O–H groups in total. The minimum atomic E-state index is -4.62. The van der Waals surface area contributed by atoms with Gasteiger partial charge in [-0.15, -0.1) is 0 Å². The number of alkyl halides is 3. The van der Waals surface area contributed by atoms with E-state index in [9.17, 15) is 30.8 Å². The largest absolute Gasteiger partial charge is 0.416 e. The number of anilines is 2. The van der Waals surface area contributed by atoms with Gasteiger partial charge < -0.3 is 5.32 Å². The Morgan fingerprint density at radius 3 is 2.19 bits per heavy atom. The van der Waals surface area contributed by atoms with E-state index in [4.69, 9.17) is 11.6 Å². The zero-order chi connectivity index (χ0) is 22.8. The van der Waals surface area contributed by atoms with Gasteiger partial charge in [-0.1, -0.05) is 17.7 Å². The Kier molecular flexibility index (Phi) is 6.23. The molecule has 1 amide bonds. The molecule has 0 aliphatic rings. The number of carbonyl (C=O) groups is 1. The molecule has 0 radical (unpaired) electrons. The number of amides is 1. The molecule has 3 aromatic rings. The summed E-state index contributed by atoms with van der Waals surface area (Å²) in [4.78, 5) is 12.0. The molecule has 0 fully saturated rings. The van der Waals surface area contributed by atoms with Gasteiger partial charge in [0, 0.05) is 11.4 Å². The Morgan fingerprint density at radius 1 is 0.903 bits per heavy atom. The van der Waals surface area contributed by atoms with Crippen molar-refractivity contribution in [1.82, 2.24) is 0 Å². The van der Waals surface area contributed by atoms with Gasteiger partial charge in [-0.05, 0) is 60.7 Å². The van der Waals surface area contributed by atoms with Crippen LogP contribution in [0.25, 0.3) is 0 Å². The number of rotatable bonds is 5. The average molecular weight is 473 g/mol. The summed E-state index contributed by atoms with van der Waals surface area (Å²) in [7, 11) is -4.18. The van der Waals surface area contributed by atoms with E-state index in [1.807, 2.05) is 0 Å². The molecule has 0 atom stereocenters. The predicted octanol–water partition coefficient (Wildman–Crippen LogP) is 5.55. The molecular formula is C20H13ClF4N2O3S. The van der Waals surface area contributed by atoms with Crippen LogP contribution in [0, 0.1) is 5.82 Å². The Morgan fingerprint density at radius 2 is 1.58 bits per heavy atom. The van der Waals surface area contributed by atoms with Gasteiger partial charge in [-0.2, -0.15) is 13.2 Å². The van der Waals surface area contributed by atoms with Crippen molar-refractivity contribution in [2.24, 2.45) is 0 Å². The summed E-state index contributed by atoms with van der Waals surface area (Å²) in [6.45, 7) is 0. The summed E-state index contributed by atoms with van der Waals surface area (Å²) in [6, 6.07) is 11.9. The van der Waals surface area contributed by atoms with E-state index in [0.717, 1.165) is 36.4 Å². The van der Waals surface area contributed by atoms with Crippen LogP contribution in [0.1, 0.15) is 15.9 Å². The first-order chi connectivity index (χ1) is 14.5. The quantitative estimate of drug-likeness (QED) is 0.478. The maximum atomic E-state index is 13.1. The van der Waals surface area contributed by atoms with Crippen LogP contribution in [0.2, 0.25) is 5.02 Å². The van der Waals surface area contributed by atoms with Gasteiger partial charge in [-0.25, -0.2) is 12.8 Å². The first-order valence-corrected chi connectivity index (χ1v) is 10.4. The van der Waals surface area contributed by atoms with E-state index in [1.54, 1.807) is 0 Å². The van der Waals surface area contributed by atoms with Crippen molar-refractivity contribution in [3.05, 3.63) is 88.7 Å². The van der Waals surface area contributed by atoms with E-state index in [0.29, 0.717) is 6.07 Å². The molecule has 0 aliphatic heterocycles. The number of carbonyl (C=O) groups excluding carboxylic acids is 1. The smallest absolute Gasteiger partial charge is 0.322 e. The van der Waals surface area contributed by atoms with Gasteiger partial charge >= 0.3 is 6.18 Å². The second kappa shape index (κ2) is 8.56. The molecule has 0 aliphatic carbocycles. The highest BCUT2D eigenvalue weighted by Crippen LogP contribution is 2.31. The zero-order valence-corrected chi connectivity index (χ0v) is 16.9. The highest BCUT2D eigenvalue weighted by molar-refractivity contribution is 7.92. The highest BCUT2D eigenvalue weighted by Gasteiger charge is 2.30. The van der Waals surface area contributed by atoms with E-state index in [2.05, 4.69) is 10.0 Å². The molecule has 5 nitrogen and oxygen atoms in total. The van der Waals surface area contributed by atoms with E-state index < -0.39 is 33.5 Å². The van der Waals surface area contributed by atoms with E-state index in [1.165, 1.54) is 24.3 Å². The van der Waals surface area contributed by atoms with Crippen LogP contribution in [0.5, 0.6) is 0 Å². The van der Waals surface area contributed by atoms with Gasteiger partial charge in [-0.3, -0.25) is 9.52 Å². The standard InChI is InChI=1S/C20H13ClF4N2O3S/c21-18-11-13(22)4-9-17(18)19(28)26-14-5-7-16(8-6-14)31(29,30)27-15-3-1-2-12(10-15)20(23,24)25/h1-11,27H,(H,26,28). The fraction of sp³-hybridized carbons (Fsp3) is 0.0500. The average Bonchev–Trinajstić information content (AvgIpc) is 2.67. The van der Waals surface area contributed by atoms with Crippen LogP contribution in [-0.4, -0.2) is 14.3 Å². The summed E-state index contributed by atoms with van der Waals surface area (Å²) >= 11 is 5.83.